The molecule has 4 nitrogen and oxygen atoms in total. The Kier molecular flexibility index (Phi) is 6.31. The zero-order valence-electron chi connectivity index (χ0n) is 14.0. The van der Waals surface area contributed by atoms with Crippen molar-refractivity contribution in [3.8, 4) is 0 Å². The summed E-state index contributed by atoms with van der Waals surface area (Å²) in [6.07, 6.45) is 0.305. The smallest absolute Gasteiger partial charge is 0.354 e. The number of amides is 1. The molecule has 1 aliphatic heterocycles. The van der Waals surface area contributed by atoms with Crippen molar-refractivity contribution in [2.45, 2.75) is 70.3 Å². The maximum atomic E-state index is 12.4. The Morgan fingerprint density at radius 1 is 1.22 bits per heavy atom. The van der Waals surface area contributed by atoms with Gasteiger partial charge in [0.05, 0.1) is 6.54 Å². The first-order chi connectivity index (χ1) is 10.7. The van der Waals surface area contributed by atoms with Gasteiger partial charge in [0.1, 0.15) is 0 Å². The second-order valence-corrected chi connectivity index (χ2v) is 7.23. The standard InChI is InChI=1S/C16H28F3N3O/c1-11(2)20-15(23)12-4-3-5-13(8-12)21-14-6-7-22(9-14)10-16(17,18)19/h11-14,21H,3-10H2,1-2H3,(H,20,23)/t12-,13-,14+/m1/s1. The van der Waals surface area contributed by atoms with Crippen molar-refractivity contribution >= 4 is 5.91 Å². The number of nitrogens with zero attached hydrogens (tertiary/aromatic N) is 1. The molecule has 1 aliphatic carbocycles. The summed E-state index contributed by atoms with van der Waals surface area (Å²) in [6.45, 7) is 4.00. The van der Waals surface area contributed by atoms with Gasteiger partial charge >= 0.3 is 6.18 Å². The van der Waals surface area contributed by atoms with Crippen LogP contribution in [0.3, 0.4) is 0 Å². The highest BCUT2D eigenvalue weighted by atomic mass is 19.4. The van der Waals surface area contributed by atoms with Gasteiger partial charge in [0.15, 0.2) is 0 Å². The average molecular weight is 335 g/mol. The van der Waals surface area contributed by atoms with Crippen LogP contribution in [0.2, 0.25) is 0 Å². The lowest BCUT2D eigenvalue weighted by molar-refractivity contribution is -0.143. The molecule has 23 heavy (non-hydrogen) atoms. The predicted octanol–water partition coefficient (Wildman–Crippen LogP) is 2.30. The van der Waals surface area contributed by atoms with Crippen LogP contribution in [-0.4, -0.2) is 54.7 Å². The van der Waals surface area contributed by atoms with Crippen LogP contribution in [-0.2, 0) is 4.79 Å². The van der Waals surface area contributed by atoms with Crippen LogP contribution >= 0.6 is 0 Å². The van der Waals surface area contributed by atoms with Crippen molar-refractivity contribution in [3.63, 3.8) is 0 Å². The molecule has 134 valence electrons. The molecule has 0 bridgehead atoms. The molecule has 0 aromatic carbocycles. The Balaban J connectivity index is 1.76. The molecule has 0 radical (unpaired) electrons. The van der Waals surface area contributed by atoms with Crippen molar-refractivity contribution in [1.82, 2.24) is 15.5 Å². The van der Waals surface area contributed by atoms with Gasteiger partial charge in [0.25, 0.3) is 0 Å². The van der Waals surface area contributed by atoms with Crippen molar-refractivity contribution in [2.75, 3.05) is 19.6 Å². The third-order valence-electron chi connectivity index (χ3n) is 4.62. The fraction of sp³-hybridized carbons (Fsp3) is 0.938. The van der Waals surface area contributed by atoms with Crippen LogP contribution < -0.4 is 10.6 Å². The number of likely N-dealkylation sites (tertiary alicyclic amines) is 1. The second kappa shape index (κ2) is 7.83. The Morgan fingerprint density at radius 2 is 1.96 bits per heavy atom. The minimum Gasteiger partial charge on any atom is -0.354 e. The zero-order valence-corrected chi connectivity index (χ0v) is 14.0. The Morgan fingerprint density at radius 3 is 2.61 bits per heavy atom. The Bertz CT molecular complexity index is 401. The Labute approximate surface area is 136 Å². The van der Waals surface area contributed by atoms with Crippen LogP contribution in [0.25, 0.3) is 0 Å². The summed E-state index contributed by atoms with van der Waals surface area (Å²) in [6, 6.07) is 0.485. The molecular weight excluding hydrogens is 307 g/mol. The molecule has 0 spiro atoms. The Hall–Kier alpha value is -0.820. The summed E-state index contributed by atoms with van der Waals surface area (Å²) in [5.41, 5.74) is 0. The fourth-order valence-electron chi connectivity index (χ4n) is 3.68. The SMILES string of the molecule is CC(C)NC(=O)[C@@H]1CCC[C@@H](N[C@H]2CCN(CC(F)(F)F)C2)C1. The lowest BCUT2D eigenvalue weighted by Crippen LogP contribution is -2.46. The van der Waals surface area contributed by atoms with Gasteiger partial charge in [-0.05, 0) is 39.5 Å². The van der Waals surface area contributed by atoms with Crippen LogP contribution in [0.4, 0.5) is 13.2 Å². The quantitative estimate of drug-likeness (QED) is 0.810. The lowest BCUT2D eigenvalue weighted by Gasteiger charge is -2.31. The molecule has 2 aliphatic rings. The van der Waals surface area contributed by atoms with E-state index in [2.05, 4.69) is 10.6 Å². The number of halogens is 3. The van der Waals surface area contributed by atoms with Crippen LogP contribution in [0.5, 0.6) is 0 Å². The third-order valence-corrected chi connectivity index (χ3v) is 4.62. The highest BCUT2D eigenvalue weighted by molar-refractivity contribution is 5.79. The van der Waals surface area contributed by atoms with Gasteiger partial charge in [-0.3, -0.25) is 9.69 Å². The van der Waals surface area contributed by atoms with Crippen molar-refractivity contribution < 1.29 is 18.0 Å². The molecule has 0 aromatic rings. The first kappa shape index (κ1) is 18.5. The van der Waals surface area contributed by atoms with E-state index in [1.807, 2.05) is 13.8 Å². The van der Waals surface area contributed by atoms with Crippen molar-refractivity contribution in [2.24, 2.45) is 5.92 Å². The van der Waals surface area contributed by atoms with Gasteiger partial charge in [0.2, 0.25) is 5.91 Å². The van der Waals surface area contributed by atoms with E-state index in [1.165, 1.54) is 4.90 Å². The van der Waals surface area contributed by atoms with Gasteiger partial charge in [0, 0.05) is 37.1 Å². The average Bonchev–Trinajstić information content (AvgIpc) is 2.83. The highest BCUT2D eigenvalue weighted by Crippen LogP contribution is 2.26. The van der Waals surface area contributed by atoms with E-state index < -0.39 is 12.7 Å². The van der Waals surface area contributed by atoms with Crippen molar-refractivity contribution in [1.29, 1.82) is 0 Å². The molecule has 1 amide bonds. The first-order valence-corrected chi connectivity index (χ1v) is 8.58. The topological polar surface area (TPSA) is 44.4 Å². The van der Waals surface area contributed by atoms with Gasteiger partial charge < -0.3 is 10.6 Å². The summed E-state index contributed by atoms with van der Waals surface area (Å²) in [5.74, 6) is 0.132. The number of rotatable bonds is 5. The van der Waals surface area contributed by atoms with E-state index in [1.54, 1.807) is 0 Å². The monoisotopic (exact) mass is 335 g/mol. The van der Waals surface area contributed by atoms with Crippen LogP contribution in [0.15, 0.2) is 0 Å². The summed E-state index contributed by atoms with van der Waals surface area (Å²) in [4.78, 5) is 13.6. The van der Waals surface area contributed by atoms with E-state index in [0.717, 1.165) is 32.1 Å². The maximum Gasteiger partial charge on any atom is 0.401 e. The van der Waals surface area contributed by atoms with Crippen LogP contribution in [0.1, 0.15) is 46.0 Å². The molecule has 0 aromatic heterocycles. The fourth-order valence-corrected chi connectivity index (χ4v) is 3.68. The molecule has 1 saturated heterocycles. The maximum absolute atomic E-state index is 12.4. The van der Waals surface area contributed by atoms with Gasteiger partial charge in [-0.2, -0.15) is 13.2 Å². The third kappa shape index (κ3) is 6.30. The minimum absolute atomic E-state index is 0.0244. The molecule has 2 fully saturated rings. The van der Waals surface area contributed by atoms with E-state index in [-0.39, 0.29) is 30.0 Å². The first-order valence-electron chi connectivity index (χ1n) is 8.58. The summed E-state index contributed by atoms with van der Waals surface area (Å²) in [5, 5.41) is 6.44. The molecule has 0 unspecified atom stereocenters. The minimum atomic E-state index is -4.13. The number of alkyl halides is 3. The molecule has 3 atom stereocenters. The summed E-state index contributed by atoms with van der Waals surface area (Å²) >= 11 is 0. The van der Waals surface area contributed by atoms with Gasteiger partial charge in [-0.1, -0.05) is 6.42 Å². The summed E-state index contributed by atoms with van der Waals surface area (Å²) < 4.78 is 37.3. The normalized spacial score (nSPS) is 29.9. The number of nitrogens with one attached hydrogen (secondary N) is 2. The molecule has 1 saturated carbocycles. The molecule has 1 heterocycles. The molecule has 2 rings (SSSR count). The van der Waals surface area contributed by atoms with Crippen LogP contribution in [0, 0.1) is 5.92 Å². The number of hydrogen-bond donors (Lipinski definition) is 2. The molecule has 7 heteroatoms. The zero-order chi connectivity index (χ0) is 17.0. The second-order valence-electron chi connectivity index (χ2n) is 7.23. The summed E-state index contributed by atoms with van der Waals surface area (Å²) in [7, 11) is 0. The molecule has 2 N–H and O–H groups in total. The van der Waals surface area contributed by atoms with Gasteiger partial charge in [-0.15, -0.1) is 0 Å². The largest absolute Gasteiger partial charge is 0.401 e. The van der Waals surface area contributed by atoms with Crippen molar-refractivity contribution in [3.05, 3.63) is 0 Å². The van der Waals surface area contributed by atoms with E-state index in [4.69, 9.17) is 0 Å². The number of hydrogen-bond acceptors (Lipinski definition) is 3. The number of carbonyl (C=O) groups excluding carboxylic acids is 1. The highest BCUT2D eigenvalue weighted by Gasteiger charge is 2.35. The van der Waals surface area contributed by atoms with E-state index >= 15 is 0 Å². The number of carbonyl (C=O) groups is 1. The van der Waals surface area contributed by atoms with Gasteiger partial charge in [-0.25, -0.2) is 0 Å². The van der Waals surface area contributed by atoms with E-state index in [0.29, 0.717) is 13.1 Å². The predicted molar refractivity (Wildman–Crippen MR) is 83.1 cm³/mol. The van der Waals surface area contributed by atoms with E-state index in [9.17, 15) is 18.0 Å². The molecular formula is C16H28F3N3O. The lowest BCUT2D eigenvalue weighted by atomic mass is 9.84.